The SMILES string of the molecule is [2H]C([2H])([2H])c1cc(-c2c(C)ccc3c2oc2c4c(ccc23)C(C([2H])([2H])[2H])(C([2H])([2H])[2H])c2ncccc2-4)[n+](C)cc1C([2H])(C)C([2H])([2H])[2H]. The van der Waals surface area contributed by atoms with Gasteiger partial charge in [-0.25, -0.2) is 4.57 Å². The van der Waals surface area contributed by atoms with Crippen LogP contribution in [0, 0.1) is 13.8 Å². The van der Waals surface area contributed by atoms with Gasteiger partial charge in [0.15, 0.2) is 6.20 Å². The van der Waals surface area contributed by atoms with Crippen LogP contribution in [-0.2, 0) is 12.5 Å². The molecule has 0 N–H and O–H groups in total. The van der Waals surface area contributed by atoms with Crippen LogP contribution >= 0.6 is 0 Å². The lowest BCUT2D eigenvalue weighted by Gasteiger charge is -2.19. The van der Waals surface area contributed by atoms with Crippen molar-refractivity contribution in [2.75, 3.05) is 0 Å². The number of furan rings is 1. The van der Waals surface area contributed by atoms with E-state index in [2.05, 4.69) is 4.98 Å². The van der Waals surface area contributed by atoms with Crippen LogP contribution in [0.3, 0.4) is 0 Å². The second-order valence-electron chi connectivity index (χ2n) is 8.97. The topological polar surface area (TPSA) is 29.9 Å². The normalized spacial score (nSPS) is 23.1. The molecule has 3 aromatic heterocycles. The zero-order valence-corrected chi connectivity index (χ0v) is 19.0. The van der Waals surface area contributed by atoms with Gasteiger partial charge in [-0.2, -0.15) is 0 Å². The maximum absolute atomic E-state index is 8.68. The first-order chi connectivity index (χ1) is 21.5. The van der Waals surface area contributed by atoms with Crippen molar-refractivity contribution in [1.82, 2.24) is 4.98 Å². The molecule has 0 saturated carbocycles. The molecule has 3 nitrogen and oxygen atoms in total. The molecule has 170 valence electrons. The van der Waals surface area contributed by atoms with Crippen LogP contribution < -0.4 is 4.57 Å². The van der Waals surface area contributed by atoms with Crippen LogP contribution in [0.2, 0.25) is 0 Å². The highest BCUT2D eigenvalue weighted by Crippen LogP contribution is 2.52. The van der Waals surface area contributed by atoms with Gasteiger partial charge < -0.3 is 4.42 Å². The molecule has 0 bridgehead atoms. The number of pyridine rings is 2. The summed E-state index contributed by atoms with van der Waals surface area (Å²) in [6, 6.07) is 11.4. The molecule has 0 saturated heterocycles. The molecule has 2 aromatic carbocycles. The summed E-state index contributed by atoms with van der Waals surface area (Å²) in [6.07, 6.45) is 2.73. The molecule has 1 aliphatic carbocycles. The van der Waals surface area contributed by atoms with Crippen molar-refractivity contribution >= 4 is 21.9 Å². The molecular weight excluding hydrogens is 416 g/mol. The molecule has 3 heterocycles. The Morgan fingerprint density at radius 1 is 1.06 bits per heavy atom. The second-order valence-corrected chi connectivity index (χ2v) is 8.97. The molecule has 34 heavy (non-hydrogen) atoms. The lowest BCUT2D eigenvalue weighted by Crippen LogP contribution is -2.32. The number of hydrogen-bond acceptors (Lipinski definition) is 2. The van der Waals surface area contributed by atoms with Gasteiger partial charge in [-0.1, -0.05) is 57.8 Å². The summed E-state index contributed by atoms with van der Waals surface area (Å²) in [5.41, 5.74) is -0.103. The van der Waals surface area contributed by atoms with Gasteiger partial charge in [-0.05, 0) is 42.4 Å². The highest BCUT2D eigenvalue weighted by molar-refractivity contribution is 6.14. The summed E-state index contributed by atoms with van der Waals surface area (Å²) in [5, 5.41) is 1.19. The van der Waals surface area contributed by atoms with E-state index in [4.69, 9.17) is 22.2 Å². The lowest BCUT2D eigenvalue weighted by atomic mass is 9.85. The zero-order chi connectivity index (χ0) is 34.9. The number of nitrogens with zero attached hydrogens (tertiary/aromatic N) is 2. The van der Waals surface area contributed by atoms with E-state index in [9.17, 15) is 0 Å². The summed E-state index contributed by atoms with van der Waals surface area (Å²) >= 11 is 0. The monoisotopic (exact) mass is 460 g/mol. The Labute approximate surface area is 219 Å². The van der Waals surface area contributed by atoms with Gasteiger partial charge in [0.05, 0.1) is 11.3 Å². The van der Waals surface area contributed by atoms with E-state index in [-0.39, 0.29) is 28.0 Å². The summed E-state index contributed by atoms with van der Waals surface area (Å²) in [4.78, 5) is 4.32. The largest absolute Gasteiger partial charge is 0.454 e. The predicted octanol–water partition coefficient (Wildman–Crippen LogP) is 7.52. The van der Waals surface area contributed by atoms with E-state index in [1.807, 2.05) is 12.1 Å². The third kappa shape index (κ3) is 2.70. The molecule has 0 spiro atoms. The Bertz CT molecular complexity index is 2080. The lowest BCUT2D eigenvalue weighted by molar-refractivity contribution is -0.660. The van der Waals surface area contributed by atoms with E-state index in [1.165, 1.54) is 31.5 Å². The molecule has 0 fully saturated rings. The number of aryl methyl sites for hydroxylation is 3. The molecule has 0 radical (unpaired) electrons. The summed E-state index contributed by atoms with van der Waals surface area (Å²) < 4.78 is 116. The minimum Gasteiger partial charge on any atom is -0.454 e. The van der Waals surface area contributed by atoms with Gasteiger partial charge in [0.25, 0.3) is 0 Å². The minimum atomic E-state index is -3.00. The average molecular weight is 461 g/mol. The van der Waals surface area contributed by atoms with Crippen LogP contribution in [0.5, 0.6) is 0 Å². The van der Waals surface area contributed by atoms with Crippen LogP contribution in [0.4, 0.5) is 0 Å². The molecule has 0 amide bonds. The van der Waals surface area contributed by atoms with Crippen molar-refractivity contribution in [3.8, 4) is 22.4 Å². The summed E-state index contributed by atoms with van der Waals surface area (Å²) in [6.45, 7) is -8.61. The molecular formula is C31H31N2O+. The number of benzene rings is 2. The first-order valence-corrected chi connectivity index (χ1v) is 11.0. The minimum absolute atomic E-state index is 0.0509. The Hall–Kier alpha value is -3.46. The number of hydrogen-bond donors (Lipinski definition) is 0. The van der Waals surface area contributed by atoms with Crippen molar-refractivity contribution in [2.45, 2.75) is 52.6 Å². The molecule has 5 aromatic rings. The van der Waals surface area contributed by atoms with Gasteiger partial charge in [-0.3, -0.25) is 4.98 Å². The number of aromatic nitrogens is 2. The third-order valence-electron chi connectivity index (χ3n) is 6.79. The maximum atomic E-state index is 8.68. The van der Waals surface area contributed by atoms with Crippen molar-refractivity contribution in [2.24, 2.45) is 7.05 Å². The Balaban J connectivity index is 1.72. The average Bonchev–Trinajstić information content (AvgIpc) is 3.45. The van der Waals surface area contributed by atoms with Crippen LogP contribution in [0.15, 0.2) is 59.3 Å². The van der Waals surface area contributed by atoms with Crippen LogP contribution in [-0.4, -0.2) is 4.98 Å². The molecule has 3 heteroatoms. The van der Waals surface area contributed by atoms with E-state index < -0.39 is 38.7 Å². The van der Waals surface area contributed by atoms with Crippen molar-refractivity contribution in [1.29, 1.82) is 0 Å². The van der Waals surface area contributed by atoms with E-state index in [1.54, 1.807) is 36.7 Å². The maximum Gasteiger partial charge on any atom is 0.216 e. The van der Waals surface area contributed by atoms with E-state index >= 15 is 0 Å². The number of rotatable bonds is 2. The molecule has 1 atom stereocenters. The fourth-order valence-corrected chi connectivity index (χ4v) is 5.13. The molecule has 0 aliphatic heterocycles. The highest BCUT2D eigenvalue weighted by atomic mass is 16.3. The number of fused-ring (bicyclic) bond motifs is 7. The molecule has 1 aliphatic rings. The van der Waals surface area contributed by atoms with Crippen molar-refractivity contribution in [3.05, 3.63) is 82.8 Å². The fraction of sp³-hybridized carbons (Fsp3) is 0.290. The molecule has 1 unspecified atom stereocenters. The van der Waals surface area contributed by atoms with Gasteiger partial charge in [0.2, 0.25) is 5.69 Å². The first-order valence-electron chi connectivity index (χ1n) is 17.5. The first kappa shape index (κ1) is 11.3. The Kier molecular flexibility index (Phi) is 2.34. The van der Waals surface area contributed by atoms with Crippen molar-refractivity contribution in [3.63, 3.8) is 0 Å². The Morgan fingerprint density at radius 2 is 1.85 bits per heavy atom. The quantitative estimate of drug-likeness (QED) is 0.255. The smallest absolute Gasteiger partial charge is 0.216 e. The van der Waals surface area contributed by atoms with E-state index in [0.717, 1.165) is 0 Å². The van der Waals surface area contributed by atoms with E-state index in [0.29, 0.717) is 44.3 Å². The summed E-state index contributed by atoms with van der Waals surface area (Å²) in [7, 11) is 1.62. The van der Waals surface area contributed by atoms with Crippen LogP contribution in [0.25, 0.3) is 44.3 Å². The predicted molar refractivity (Wildman–Crippen MR) is 139 cm³/mol. The van der Waals surface area contributed by atoms with Crippen LogP contribution in [0.1, 0.15) is 79.1 Å². The highest BCUT2D eigenvalue weighted by Gasteiger charge is 2.39. The fourth-order valence-electron chi connectivity index (χ4n) is 5.13. The van der Waals surface area contributed by atoms with Gasteiger partial charge >= 0.3 is 0 Å². The zero-order valence-electron chi connectivity index (χ0n) is 32.0. The molecule has 6 rings (SSSR count). The van der Waals surface area contributed by atoms with Gasteiger partial charge in [-0.15, -0.1) is 0 Å². The van der Waals surface area contributed by atoms with Gasteiger partial charge in [0.1, 0.15) is 18.2 Å². The standard InChI is InChI=1S/C31H31N2O/c1-17(2)23-16-33(7)25(15-19(23)4)26-18(3)10-11-20-21-12-13-24-27(29(21)34-28(20)26)22-9-8-14-32-30(22)31(24,5)6/h8-17H,1-7H3/q+1/i1D3,4D3,5D3,6D3,17D. The second kappa shape index (κ2) is 7.02. The summed E-state index contributed by atoms with van der Waals surface area (Å²) in [5.74, 6) is -2.23. The Morgan fingerprint density at radius 3 is 2.62 bits per heavy atom. The third-order valence-corrected chi connectivity index (χ3v) is 6.79. The van der Waals surface area contributed by atoms with Gasteiger partial charge in [0, 0.05) is 63.0 Å². The van der Waals surface area contributed by atoms with Crippen molar-refractivity contribution < 1.29 is 26.8 Å².